The Morgan fingerprint density at radius 3 is 2.60 bits per heavy atom. The minimum absolute atomic E-state index is 0.0260. The van der Waals surface area contributed by atoms with Crippen molar-refractivity contribution in [1.29, 1.82) is 0 Å². The number of nitrogens with one attached hydrogen (secondary N) is 2. The van der Waals surface area contributed by atoms with Gasteiger partial charge in [-0.05, 0) is 44.0 Å². The molecule has 1 aromatic carbocycles. The Labute approximate surface area is 174 Å². The Kier molecular flexibility index (Phi) is 6.51. The molecule has 8 nitrogen and oxygen atoms in total. The van der Waals surface area contributed by atoms with Gasteiger partial charge in [0.15, 0.2) is 11.6 Å². The fraction of sp³-hybridized carbons (Fsp3) is 0.381. The fourth-order valence-electron chi connectivity index (χ4n) is 3.40. The predicted molar refractivity (Wildman–Crippen MR) is 117 cm³/mol. The Bertz CT molecular complexity index is 1050. The van der Waals surface area contributed by atoms with Crippen molar-refractivity contribution < 1.29 is 9.18 Å². The molecule has 0 aliphatic carbocycles. The van der Waals surface area contributed by atoms with Gasteiger partial charge in [-0.3, -0.25) is 9.48 Å². The lowest BCUT2D eigenvalue weighted by Gasteiger charge is -2.24. The molecule has 0 aliphatic rings. The summed E-state index contributed by atoms with van der Waals surface area (Å²) in [6.45, 7) is 6.71. The molecule has 0 bridgehead atoms. The third-order valence-corrected chi connectivity index (χ3v) is 5.20. The third kappa shape index (κ3) is 4.35. The molecule has 3 rings (SSSR count). The normalized spacial score (nSPS) is 13.2. The molecule has 160 valence electrons. The van der Waals surface area contributed by atoms with Crippen molar-refractivity contribution in [3.63, 3.8) is 0 Å². The van der Waals surface area contributed by atoms with Gasteiger partial charge in [0.1, 0.15) is 5.82 Å². The van der Waals surface area contributed by atoms with Gasteiger partial charge >= 0.3 is 0 Å². The van der Waals surface area contributed by atoms with Crippen LogP contribution in [0.1, 0.15) is 44.0 Å². The van der Waals surface area contributed by atoms with E-state index in [9.17, 15) is 9.18 Å². The van der Waals surface area contributed by atoms with E-state index in [1.165, 1.54) is 0 Å². The summed E-state index contributed by atoms with van der Waals surface area (Å²) in [5, 5.41) is 11.4. The van der Waals surface area contributed by atoms with Crippen molar-refractivity contribution in [2.45, 2.75) is 52.2 Å². The number of amides is 1. The summed E-state index contributed by atoms with van der Waals surface area (Å²) in [4.78, 5) is 16.2. The molecule has 0 unspecified atom stereocenters. The van der Waals surface area contributed by atoms with E-state index in [1.54, 1.807) is 6.20 Å². The van der Waals surface area contributed by atoms with Gasteiger partial charge < -0.3 is 22.1 Å². The van der Waals surface area contributed by atoms with Gasteiger partial charge in [0.2, 0.25) is 0 Å². The lowest BCUT2D eigenvalue weighted by Crippen LogP contribution is -2.39. The second-order valence-electron chi connectivity index (χ2n) is 7.17. The molecule has 1 amide bonds. The molecule has 0 radical (unpaired) electrons. The van der Waals surface area contributed by atoms with Crippen LogP contribution in [0.3, 0.4) is 0 Å². The number of nitrogens with two attached hydrogens (primary N) is 2. The Hall–Kier alpha value is -3.20. The summed E-state index contributed by atoms with van der Waals surface area (Å²) in [5.41, 5.74) is 13.2. The van der Waals surface area contributed by atoms with E-state index in [4.69, 9.17) is 11.5 Å². The minimum atomic E-state index is -0.771. The third-order valence-electron chi connectivity index (χ3n) is 5.20. The standard InChI is InChI=1S/C21H28FN7O/c1-4-16(23)17(5-2)27-21-15(22)10-14(19(24)30)20(28-21)26-13-7-8-18-12(9-13)11-25-29(18)6-3/h7-11,16-17H,4-6,23H2,1-3H3,(H2,24,30)(H2,26,27,28)/t16-,17+/m0/s1. The number of carbonyl (C=O) groups excluding carboxylic acids is 1. The van der Waals surface area contributed by atoms with E-state index in [0.29, 0.717) is 12.1 Å². The van der Waals surface area contributed by atoms with Gasteiger partial charge in [0.25, 0.3) is 5.91 Å². The number of fused-ring (bicyclic) bond motifs is 1. The van der Waals surface area contributed by atoms with Crippen LogP contribution in [0.5, 0.6) is 0 Å². The zero-order chi connectivity index (χ0) is 21.8. The van der Waals surface area contributed by atoms with Crippen molar-refractivity contribution in [3.8, 4) is 0 Å². The molecule has 0 spiro atoms. The summed E-state index contributed by atoms with van der Waals surface area (Å²) < 4.78 is 16.5. The van der Waals surface area contributed by atoms with Crippen molar-refractivity contribution in [2.24, 2.45) is 11.5 Å². The average molecular weight is 414 g/mol. The van der Waals surface area contributed by atoms with Crippen molar-refractivity contribution >= 4 is 34.1 Å². The number of halogens is 1. The van der Waals surface area contributed by atoms with Crippen molar-refractivity contribution in [1.82, 2.24) is 14.8 Å². The van der Waals surface area contributed by atoms with Crippen LogP contribution in [0.25, 0.3) is 10.9 Å². The molecule has 2 atom stereocenters. The molecule has 2 heterocycles. The second kappa shape index (κ2) is 9.08. The van der Waals surface area contributed by atoms with Crippen LogP contribution in [0, 0.1) is 5.82 Å². The average Bonchev–Trinajstić information content (AvgIpc) is 3.15. The zero-order valence-corrected chi connectivity index (χ0v) is 17.4. The van der Waals surface area contributed by atoms with Crippen molar-refractivity contribution in [2.75, 3.05) is 10.6 Å². The number of primary amides is 1. The topological polar surface area (TPSA) is 124 Å². The van der Waals surface area contributed by atoms with E-state index in [-0.39, 0.29) is 29.3 Å². The first kappa shape index (κ1) is 21.5. The minimum Gasteiger partial charge on any atom is -0.365 e. The highest BCUT2D eigenvalue weighted by molar-refractivity contribution is 5.99. The largest absolute Gasteiger partial charge is 0.365 e. The molecular weight excluding hydrogens is 385 g/mol. The summed E-state index contributed by atoms with van der Waals surface area (Å²) in [5.74, 6) is -1.23. The maximum atomic E-state index is 14.6. The molecule has 0 saturated heterocycles. The molecule has 0 saturated carbocycles. The fourth-order valence-corrected chi connectivity index (χ4v) is 3.40. The van der Waals surface area contributed by atoms with E-state index in [0.717, 1.165) is 29.9 Å². The molecule has 0 fully saturated rings. The van der Waals surface area contributed by atoms with Crippen LogP contribution >= 0.6 is 0 Å². The number of benzene rings is 1. The maximum Gasteiger partial charge on any atom is 0.252 e. The first-order valence-electron chi connectivity index (χ1n) is 10.1. The number of nitrogens with zero attached hydrogens (tertiary/aromatic N) is 3. The van der Waals surface area contributed by atoms with Crippen LogP contribution < -0.4 is 22.1 Å². The van der Waals surface area contributed by atoms with E-state index in [1.807, 2.05) is 43.7 Å². The van der Waals surface area contributed by atoms with Crippen molar-refractivity contribution in [3.05, 3.63) is 41.8 Å². The van der Waals surface area contributed by atoms with Gasteiger partial charge in [-0.15, -0.1) is 0 Å². The number of hydrogen-bond acceptors (Lipinski definition) is 6. The molecule has 6 N–H and O–H groups in total. The Morgan fingerprint density at radius 1 is 1.20 bits per heavy atom. The smallest absolute Gasteiger partial charge is 0.252 e. The van der Waals surface area contributed by atoms with Crippen LogP contribution in [0.4, 0.5) is 21.7 Å². The monoisotopic (exact) mass is 413 g/mol. The number of pyridine rings is 1. The summed E-state index contributed by atoms with van der Waals surface area (Å²) >= 11 is 0. The summed E-state index contributed by atoms with van der Waals surface area (Å²) in [6, 6.07) is 6.45. The summed E-state index contributed by atoms with van der Waals surface area (Å²) in [7, 11) is 0. The van der Waals surface area contributed by atoms with E-state index < -0.39 is 11.7 Å². The molecule has 30 heavy (non-hydrogen) atoms. The number of aryl methyl sites for hydroxylation is 1. The van der Waals surface area contributed by atoms with Gasteiger partial charge in [0, 0.05) is 29.7 Å². The zero-order valence-electron chi connectivity index (χ0n) is 17.4. The number of rotatable bonds is 9. The molecule has 2 aromatic heterocycles. The van der Waals surface area contributed by atoms with Crippen LogP contribution in [-0.2, 0) is 6.54 Å². The molecule has 0 aliphatic heterocycles. The highest BCUT2D eigenvalue weighted by Crippen LogP contribution is 2.27. The quantitative estimate of drug-likeness (QED) is 0.426. The number of anilines is 3. The number of carbonyl (C=O) groups is 1. The highest BCUT2D eigenvalue weighted by atomic mass is 19.1. The molecular formula is C21H28FN7O. The maximum absolute atomic E-state index is 14.6. The lowest BCUT2D eigenvalue weighted by atomic mass is 10.0. The molecule has 9 heteroatoms. The Morgan fingerprint density at radius 2 is 1.97 bits per heavy atom. The van der Waals surface area contributed by atoms with Gasteiger partial charge in [-0.25, -0.2) is 9.37 Å². The number of hydrogen-bond donors (Lipinski definition) is 4. The second-order valence-corrected chi connectivity index (χ2v) is 7.17. The lowest BCUT2D eigenvalue weighted by molar-refractivity contribution is 0.100. The van der Waals surface area contributed by atoms with Crippen LogP contribution in [0.2, 0.25) is 0 Å². The van der Waals surface area contributed by atoms with E-state index >= 15 is 0 Å². The first-order chi connectivity index (χ1) is 14.4. The van der Waals surface area contributed by atoms with E-state index in [2.05, 4.69) is 20.7 Å². The first-order valence-corrected chi connectivity index (χ1v) is 10.1. The van der Waals surface area contributed by atoms with Gasteiger partial charge in [0.05, 0.1) is 17.3 Å². The predicted octanol–water partition coefficient (Wildman–Crippen LogP) is 3.36. The Balaban J connectivity index is 1.97. The highest BCUT2D eigenvalue weighted by Gasteiger charge is 2.20. The van der Waals surface area contributed by atoms with Crippen LogP contribution in [0.15, 0.2) is 30.5 Å². The van der Waals surface area contributed by atoms with Gasteiger partial charge in [-0.2, -0.15) is 5.10 Å². The SMILES string of the molecule is CC[C@H](N)[C@@H](CC)Nc1nc(Nc2ccc3c(cnn3CC)c2)c(C(N)=O)cc1F. The van der Waals surface area contributed by atoms with Crippen LogP contribution in [-0.4, -0.2) is 32.8 Å². The number of aromatic nitrogens is 3. The summed E-state index contributed by atoms with van der Waals surface area (Å²) in [6.07, 6.45) is 3.21. The van der Waals surface area contributed by atoms with Gasteiger partial charge in [-0.1, -0.05) is 13.8 Å². The molecule has 3 aromatic rings.